The predicted molar refractivity (Wildman–Crippen MR) is 198 cm³/mol. The van der Waals surface area contributed by atoms with Crippen LogP contribution in [0, 0.1) is 56.7 Å². The van der Waals surface area contributed by atoms with Gasteiger partial charge in [0.25, 0.3) is 0 Å². The maximum absolute atomic E-state index is 14.4. The van der Waals surface area contributed by atoms with Crippen molar-refractivity contribution >= 4 is 17.5 Å². The van der Waals surface area contributed by atoms with Crippen LogP contribution in [0.25, 0.3) is 5.57 Å². The molecule has 0 heterocycles. The molecule has 50 heavy (non-hydrogen) atoms. The highest BCUT2D eigenvalue weighted by Crippen LogP contribution is 2.76. The molecule has 9 unspecified atom stereocenters. The number of allylic oxidation sites excluding steroid dienone is 2. The summed E-state index contributed by atoms with van der Waals surface area (Å²) in [4.78, 5) is 26.6. The Kier molecular flexibility index (Phi) is 7.89. The first-order valence-corrected chi connectivity index (χ1v) is 19.6. The molecule has 6 aliphatic rings. The van der Waals surface area contributed by atoms with Crippen molar-refractivity contribution in [3.63, 3.8) is 0 Å². The van der Waals surface area contributed by atoms with Crippen molar-refractivity contribution < 1.29 is 19.1 Å². The van der Waals surface area contributed by atoms with Crippen molar-refractivity contribution in [3.05, 3.63) is 77.4 Å². The van der Waals surface area contributed by atoms with Gasteiger partial charge in [-0.15, -0.1) is 0 Å². The Hall–Kier alpha value is -2.92. The fourth-order valence-electron chi connectivity index (χ4n) is 13.8. The van der Waals surface area contributed by atoms with Gasteiger partial charge in [0.15, 0.2) is 0 Å². The average Bonchev–Trinajstić information content (AvgIpc) is 3.72. The Balaban J connectivity index is 1.10. The van der Waals surface area contributed by atoms with Crippen molar-refractivity contribution in [3.8, 4) is 0 Å². The standard InChI is InChI=1S/C45H59NO4/c1-40(2)32(30-12-14-31(15-13-30)38(47)49-6)18-21-42(4)35(40)20-22-43(5)36(42)17-16-34-37-33(41(3)24-25-41)19-23-44(37,26-27-45(34,43)46)39(48)50-28-29-10-8-7-9-11-29/h7-15,18,33-37H,16-17,19-28,46H2,1-6H3. The number of hydrogen-bond donors (Lipinski definition) is 1. The highest BCUT2D eigenvalue weighted by molar-refractivity contribution is 5.90. The van der Waals surface area contributed by atoms with Gasteiger partial charge in [0.2, 0.25) is 0 Å². The molecule has 2 aromatic carbocycles. The molecule has 8 rings (SSSR count). The minimum Gasteiger partial charge on any atom is -0.465 e. The second kappa shape index (κ2) is 11.5. The summed E-state index contributed by atoms with van der Waals surface area (Å²) in [6, 6.07) is 18.2. The zero-order valence-corrected chi connectivity index (χ0v) is 31.4. The quantitative estimate of drug-likeness (QED) is 0.308. The van der Waals surface area contributed by atoms with Gasteiger partial charge in [-0.3, -0.25) is 4.79 Å². The topological polar surface area (TPSA) is 78.6 Å². The molecule has 2 N–H and O–H groups in total. The molecule has 0 spiro atoms. The maximum atomic E-state index is 14.4. The van der Waals surface area contributed by atoms with Gasteiger partial charge < -0.3 is 15.2 Å². The molecule has 0 amide bonds. The first kappa shape index (κ1) is 34.2. The van der Waals surface area contributed by atoms with Crippen molar-refractivity contribution in [1.82, 2.24) is 0 Å². The fraction of sp³-hybridized carbons (Fsp3) is 0.644. The first-order valence-electron chi connectivity index (χ1n) is 19.6. The molecule has 268 valence electrons. The van der Waals surface area contributed by atoms with E-state index in [1.54, 1.807) is 0 Å². The van der Waals surface area contributed by atoms with Crippen LogP contribution in [0.2, 0.25) is 0 Å². The SMILES string of the molecule is COC(=O)c1ccc(C2=CCC3(C)C(CCC4(C)C3CCC3C5C(C6(C)CC6)CCC5(C(=O)OCc5ccccc5)CCC34N)C2(C)C)cc1. The van der Waals surface area contributed by atoms with Crippen LogP contribution in [0.15, 0.2) is 60.7 Å². The van der Waals surface area contributed by atoms with Crippen LogP contribution in [0.5, 0.6) is 0 Å². The van der Waals surface area contributed by atoms with Crippen molar-refractivity contribution in [2.24, 2.45) is 62.4 Å². The van der Waals surface area contributed by atoms with Crippen LogP contribution in [0.4, 0.5) is 0 Å². The van der Waals surface area contributed by atoms with E-state index < -0.39 is 5.41 Å². The third kappa shape index (κ3) is 4.73. The largest absolute Gasteiger partial charge is 0.465 e. The van der Waals surface area contributed by atoms with Crippen molar-refractivity contribution in [2.45, 2.75) is 117 Å². The second-order valence-corrected chi connectivity index (χ2v) is 18.9. The summed E-state index contributed by atoms with van der Waals surface area (Å²) in [6.45, 7) is 12.9. The Morgan fingerprint density at radius 2 is 1.50 bits per heavy atom. The smallest absolute Gasteiger partial charge is 0.337 e. The molecule has 0 aliphatic heterocycles. The monoisotopic (exact) mass is 677 g/mol. The zero-order chi connectivity index (χ0) is 35.3. The summed E-state index contributed by atoms with van der Waals surface area (Å²) >= 11 is 0. The molecule has 6 aliphatic carbocycles. The van der Waals surface area contributed by atoms with Crippen LogP contribution in [-0.4, -0.2) is 24.6 Å². The van der Waals surface area contributed by atoms with Gasteiger partial charge in [-0.2, -0.15) is 0 Å². The molecule has 5 saturated carbocycles. The minimum absolute atomic E-state index is 0.0128. The normalized spacial score (nSPS) is 40.6. The lowest BCUT2D eigenvalue weighted by atomic mass is 9.34. The molecule has 5 fully saturated rings. The van der Waals surface area contributed by atoms with Crippen LogP contribution >= 0.6 is 0 Å². The van der Waals surface area contributed by atoms with Gasteiger partial charge in [-0.05, 0) is 151 Å². The lowest BCUT2D eigenvalue weighted by molar-refractivity contribution is -0.204. The molecule has 2 aromatic rings. The van der Waals surface area contributed by atoms with E-state index in [1.165, 1.54) is 37.5 Å². The summed E-state index contributed by atoms with van der Waals surface area (Å²) in [6.07, 6.45) is 14.6. The van der Waals surface area contributed by atoms with Gasteiger partial charge >= 0.3 is 11.9 Å². The van der Waals surface area contributed by atoms with Crippen LogP contribution in [-0.2, 0) is 20.9 Å². The summed E-state index contributed by atoms with van der Waals surface area (Å²) in [5.41, 5.74) is 12.1. The average molecular weight is 678 g/mol. The van der Waals surface area contributed by atoms with Crippen molar-refractivity contribution in [1.29, 1.82) is 0 Å². The number of fused-ring (bicyclic) bond motifs is 7. The number of nitrogens with two attached hydrogens (primary N) is 1. The molecule has 0 saturated heterocycles. The van der Waals surface area contributed by atoms with Crippen molar-refractivity contribution in [2.75, 3.05) is 7.11 Å². The van der Waals surface area contributed by atoms with E-state index in [9.17, 15) is 9.59 Å². The number of methoxy groups -OCH3 is 1. The van der Waals surface area contributed by atoms with Gasteiger partial charge in [0.05, 0.1) is 18.1 Å². The zero-order valence-electron chi connectivity index (χ0n) is 31.4. The Labute approximate surface area is 300 Å². The highest BCUT2D eigenvalue weighted by Gasteiger charge is 2.74. The Morgan fingerprint density at radius 3 is 2.18 bits per heavy atom. The minimum atomic E-state index is -0.406. The van der Waals surface area contributed by atoms with E-state index >= 15 is 0 Å². The van der Waals surface area contributed by atoms with Gasteiger partial charge in [0, 0.05) is 5.54 Å². The highest BCUT2D eigenvalue weighted by atomic mass is 16.5. The van der Waals surface area contributed by atoms with Crippen LogP contribution in [0.3, 0.4) is 0 Å². The number of esters is 2. The number of rotatable bonds is 6. The number of carbonyl (C=O) groups excluding carboxylic acids is 2. The number of benzene rings is 2. The summed E-state index contributed by atoms with van der Waals surface area (Å²) < 4.78 is 11.2. The number of ether oxygens (including phenoxy) is 2. The number of carbonyl (C=O) groups is 2. The van der Waals surface area contributed by atoms with Gasteiger partial charge in [-0.1, -0.05) is 83.2 Å². The predicted octanol–water partition coefficient (Wildman–Crippen LogP) is 9.78. The Morgan fingerprint density at radius 1 is 0.780 bits per heavy atom. The van der Waals surface area contributed by atoms with Gasteiger partial charge in [0.1, 0.15) is 6.61 Å². The van der Waals surface area contributed by atoms with E-state index in [4.69, 9.17) is 15.2 Å². The molecule has 0 aromatic heterocycles. The lowest BCUT2D eigenvalue weighted by Gasteiger charge is -2.72. The molecule has 0 radical (unpaired) electrons. The maximum Gasteiger partial charge on any atom is 0.337 e. The lowest BCUT2D eigenvalue weighted by Crippen LogP contribution is -2.73. The molecular formula is C45H59NO4. The third-order valence-corrected chi connectivity index (χ3v) is 16.7. The Bertz CT molecular complexity index is 1690. The summed E-state index contributed by atoms with van der Waals surface area (Å²) in [5.74, 6) is 2.03. The fourth-order valence-corrected chi connectivity index (χ4v) is 13.8. The van der Waals surface area contributed by atoms with E-state index in [-0.39, 0.29) is 33.7 Å². The van der Waals surface area contributed by atoms with Crippen LogP contribution < -0.4 is 5.73 Å². The third-order valence-electron chi connectivity index (χ3n) is 16.7. The van der Waals surface area contributed by atoms with Gasteiger partial charge in [-0.25, -0.2) is 4.79 Å². The summed E-state index contributed by atoms with van der Waals surface area (Å²) in [7, 11) is 1.43. The van der Waals surface area contributed by atoms with Crippen LogP contribution in [0.1, 0.15) is 127 Å². The molecule has 5 nitrogen and oxygen atoms in total. The summed E-state index contributed by atoms with van der Waals surface area (Å²) in [5, 5.41) is 0. The number of hydrogen-bond acceptors (Lipinski definition) is 5. The molecule has 9 atom stereocenters. The van der Waals surface area contributed by atoms with E-state index in [0.717, 1.165) is 56.9 Å². The molecular weight excluding hydrogens is 618 g/mol. The van der Waals surface area contributed by atoms with E-state index in [1.807, 2.05) is 30.3 Å². The second-order valence-electron chi connectivity index (χ2n) is 18.9. The van der Waals surface area contributed by atoms with E-state index in [2.05, 4.69) is 65.0 Å². The molecule has 5 heteroatoms. The molecule has 0 bridgehead atoms. The first-order chi connectivity index (χ1) is 23.7. The van der Waals surface area contributed by atoms with E-state index in [0.29, 0.717) is 47.2 Å².